The van der Waals surface area contributed by atoms with Crippen molar-refractivity contribution < 1.29 is 19.4 Å². The Morgan fingerprint density at radius 2 is 1.70 bits per heavy atom. The van der Waals surface area contributed by atoms with E-state index in [9.17, 15) is 4.79 Å². The zero-order valence-corrected chi connectivity index (χ0v) is 17.4. The summed E-state index contributed by atoms with van der Waals surface area (Å²) in [4.78, 5) is 21.0. The van der Waals surface area contributed by atoms with Gasteiger partial charge in [0.2, 0.25) is 0 Å². The molecule has 0 unspecified atom stereocenters. The highest BCUT2D eigenvalue weighted by Crippen LogP contribution is 2.15. The van der Waals surface area contributed by atoms with Gasteiger partial charge in [0, 0.05) is 20.0 Å². The number of carboxylic acids is 1. The molecule has 2 aromatic carbocycles. The van der Waals surface area contributed by atoms with Gasteiger partial charge in [0.25, 0.3) is 5.97 Å². The number of carbonyl (C=O) groups is 2. The zero-order valence-electron chi connectivity index (χ0n) is 17.4. The van der Waals surface area contributed by atoms with Crippen LogP contribution in [0.25, 0.3) is 0 Å². The van der Waals surface area contributed by atoms with E-state index in [1.165, 1.54) is 0 Å². The van der Waals surface area contributed by atoms with E-state index < -0.39 is 5.97 Å². The second-order valence-corrected chi connectivity index (χ2v) is 7.20. The van der Waals surface area contributed by atoms with Gasteiger partial charge in [-0.25, -0.2) is 4.79 Å². The van der Waals surface area contributed by atoms with Crippen LogP contribution in [0.15, 0.2) is 54.6 Å². The molecule has 0 atom stereocenters. The van der Waals surface area contributed by atoms with Crippen LogP contribution in [0.2, 0.25) is 0 Å². The lowest BCUT2D eigenvalue weighted by Crippen LogP contribution is -2.40. The molecule has 1 heterocycles. The number of carbonyl (C=O) groups excluding carboxylic acids is 1. The molecule has 1 aliphatic rings. The van der Waals surface area contributed by atoms with E-state index >= 15 is 0 Å². The minimum absolute atomic E-state index is 0.112. The number of urea groups is 1. The van der Waals surface area contributed by atoms with Crippen LogP contribution >= 0.6 is 0 Å². The summed E-state index contributed by atoms with van der Waals surface area (Å²) >= 11 is 0. The van der Waals surface area contributed by atoms with Crippen molar-refractivity contribution in [2.45, 2.75) is 32.9 Å². The predicted molar refractivity (Wildman–Crippen MR) is 116 cm³/mol. The summed E-state index contributed by atoms with van der Waals surface area (Å²) in [5.41, 5.74) is 2.15. The monoisotopic (exact) mass is 413 g/mol. The number of benzene rings is 2. The zero-order chi connectivity index (χ0) is 21.6. The molecule has 3 rings (SSSR count). The minimum Gasteiger partial charge on any atom is -0.489 e. The smallest absolute Gasteiger partial charge is 0.315 e. The van der Waals surface area contributed by atoms with E-state index in [2.05, 4.69) is 16.0 Å². The lowest BCUT2D eigenvalue weighted by atomic mass is 9.98. The Bertz CT molecular complexity index is 773. The summed E-state index contributed by atoms with van der Waals surface area (Å²) in [5.74, 6) is 0.556. The summed E-state index contributed by atoms with van der Waals surface area (Å²) in [5, 5.41) is 16.6. The Kier molecular flexibility index (Phi) is 10.2. The van der Waals surface area contributed by atoms with Crippen LogP contribution in [0.3, 0.4) is 0 Å². The first-order valence-corrected chi connectivity index (χ1v) is 10.2. The van der Waals surface area contributed by atoms with Gasteiger partial charge in [0.1, 0.15) is 12.4 Å². The molecule has 1 saturated heterocycles. The topological polar surface area (TPSA) is 99.7 Å². The normalized spacial score (nSPS) is 13.5. The highest BCUT2D eigenvalue weighted by atomic mass is 16.5. The van der Waals surface area contributed by atoms with Gasteiger partial charge in [-0.1, -0.05) is 42.5 Å². The fourth-order valence-electron chi connectivity index (χ4n) is 3.05. The summed E-state index contributed by atoms with van der Waals surface area (Å²) in [6.45, 7) is 4.94. The molecule has 2 amide bonds. The quantitative estimate of drug-likeness (QED) is 0.559. The molecule has 0 radical (unpaired) electrons. The molecule has 4 N–H and O–H groups in total. The molecule has 7 nitrogen and oxygen atoms in total. The molecule has 1 aliphatic heterocycles. The first-order valence-electron chi connectivity index (χ1n) is 10.2. The Morgan fingerprint density at radius 3 is 2.40 bits per heavy atom. The number of rotatable bonds is 7. The average Bonchev–Trinajstić information content (AvgIpc) is 2.76. The minimum atomic E-state index is -0.833. The number of hydrogen-bond acceptors (Lipinski definition) is 4. The molecule has 0 saturated carbocycles. The number of hydrogen-bond donors (Lipinski definition) is 4. The molecule has 0 bridgehead atoms. The first kappa shape index (κ1) is 23.2. The number of aliphatic carboxylic acids is 1. The summed E-state index contributed by atoms with van der Waals surface area (Å²) in [7, 11) is 0. The average molecular weight is 414 g/mol. The standard InChI is InChI=1S/C21H27N3O2.C2H4O2/c25-21(23-14-17-9-11-22-12-10-17)24-15-19-7-4-8-20(13-19)26-16-18-5-2-1-3-6-18;1-2(3)4/h1-8,13,17,22H,9-12,14-16H2,(H2,23,24,25);1H3,(H,3,4). The first-order chi connectivity index (χ1) is 14.5. The van der Waals surface area contributed by atoms with Crippen LogP contribution in [0.4, 0.5) is 4.79 Å². The maximum Gasteiger partial charge on any atom is 0.315 e. The van der Waals surface area contributed by atoms with Gasteiger partial charge in [0.15, 0.2) is 0 Å². The third kappa shape index (κ3) is 9.93. The predicted octanol–water partition coefficient (Wildman–Crippen LogP) is 3.16. The van der Waals surface area contributed by atoms with Crippen LogP contribution in [0.5, 0.6) is 5.75 Å². The van der Waals surface area contributed by atoms with Crippen LogP contribution in [0.1, 0.15) is 30.9 Å². The molecule has 30 heavy (non-hydrogen) atoms. The highest BCUT2D eigenvalue weighted by molar-refractivity contribution is 5.73. The van der Waals surface area contributed by atoms with E-state index in [-0.39, 0.29) is 6.03 Å². The summed E-state index contributed by atoms with van der Waals surface area (Å²) in [6, 6.07) is 17.8. The van der Waals surface area contributed by atoms with Crippen LogP contribution in [0, 0.1) is 5.92 Å². The number of piperidine rings is 1. The second-order valence-electron chi connectivity index (χ2n) is 7.20. The largest absolute Gasteiger partial charge is 0.489 e. The van der Waals surface area contributed by atoms with E-state index in [1.807, 2.05) is 54.6 Å². The van der Waals surface area contributed by atoms with Gasteiger partial charge in [0.05, 0.1) is 0 Å². The number of ether oxygens (including phenoxy) is 1. The van der Waals surface area contributed by atoms with Crippen molar-refractivity contribution >= 4 is 12.0 Å². The van der Waals surface area contributed by atoms with Crippen molar-refractivity contribution in [1.82, 2.24) is 16.0 Å². The van der Waals surface area contributed by atoms with Crippen molar-refractivity contribution in [2.24, 2.45) is 5.92 Å². The number of nitrogens with one attached hydrogen (secondary N) is 3. The van der Waals surface area contributed by atoms with E-state index in [1.54, 1.807) is 0 Å². The Balaban J connectivity index is 0.000000735. The molecule has 1 fully saturated rings. The summed E-state index contributed by atoms with van der Waals surface area (Å²) in [6.07, 6.45) is 2.25. The highest BCUT2D eigenvalue weighted by Gasteiger charge is 2.13. The molecule has 2 aromatic rings. The maximum atomic E-state index is 12.0. The van der Waals surface area contributed by atoms with Gasteiger partial charge >= 0.3 is 6.03 Å². The summed E-state index contributed by atoms with van der Waals surface area (Å²) < 4.78 is 5.83. The molecular weight excluding hydrogens is 382 g/mol. The molecule has 0 aliphatic carbocycles. The maximum absolute atomic E-state index is 12.0. The van der Waals surface area contributed by atoms with E-state index in [4.69, 9.17) is 14.6 Å². The lowest BCUT2D eigenvalue weighted by molar-refractivity contribution is -0.134. The number of carboxylic acid groups (broad SMARTS) is 1. The fraction of sp³-hybridized carbons (Fsp3) is 0.391. The van der Waals surface area contributed by atoms with Crippen molar-refractivity contribution in [3.63, 3.8) is 0 Å². The van der Waals surface area contributed by atoms with Crippen LogP contribution in [-0.2, 0) is 17.9 Å². The third-order valence-corrected chi connectivity index (χ3v) is 4.61. The molecule has 162 valence electrons. The third-order valence-electron chi connectivity index (χ3n) is 4.61. The van der Waals surface area contributed by atoms with Gasteiger partial charge in [-0.15, -0.1) is 0 Å². The SMILES string of the molecule is CC(=O)O.O=C(NCc1cccc(OCc2ccccc2)c1)NCC1CCNCC1. The Labute approximate surface area is 177 Å². The lowest BCUT2D eigenvalue weighted by Gasteiger charge is -2.22. The molecular formula is C23H31N3O4. The van der Waals surface area contributed by atoms with Crippen molar-refractivity contribution in [3.8, 4) is 5.75 Å². The van der Waals surface area contributed by atoms with Gasteiger partial charge in [-0.05, 0) is 55.1 Å². The fourth-order valence-corrected chi connectivity index (χ4v) is 3.05. The van der Waals surface area contributed by atoms with Gasteiger partial charge < -0.3 is 25.8 Å². The number of amides is 2. The molecule has 7 heteroatoms. The van der Waals surface area contributed by atoms with Crippen LogP contribution in [-0.4, -0.2) is 36.7 Å². The Morgan fingerprint density at radius 1 is 1.03 bits per heavy atom. The van der Waals surface area contributed by atoms with Gasteiger partial charge in [-0.2, -0.15) is 0 Å². The van der Waals surface area contributed by atoms with Crippen molar-refractivity contribution in [3.05, 3.63) is 65.7 Å². The van der Waals surface area contributed by atoms with Gasteiger partial charge in [-0.3, -0.25) is 4.79 Å². The van der Waals surface area contributed by atoms with E-state index in [0.717, 1.165) is 56.3 Å². The van der Waals surface area contributed by atoms with Crippen LogP contribution < -0.4 is 20.7 Å². The molecule has 0 spiro atoms. The van der Waals surface area contributed by atoms with Crippen molar-refractivity contribution in [2.75, 3.05) is 19.6 Å². The Hall–Kier alpha value is -3.06. The van der Waals surface area contributed by atoms with Crippen molar-refractivity contribution in [1.29, 1.82) is 0 Å². The van der Waals surface area contributed by atoms with E-state index in [0.29, 0.717) is 19.1 Å². The second kappa shape index (κ2) is 13.2. The molecule has 0 aromatic heterocycles.